The van der Waals surface area contributed by atoms with Gasteiger partial charge in [0.05, 0.1) is 18.8 Å². The van der Waals surface area contributed by atoms with Gasteiger partial charge in [0.25, 0.3) is 0 Å². The molecule has 448 valence electrons. The first kappa shape index (κ1) is 74.1. The summed E-state index contributed by atoms with van der Waals surface area (Å²) in [6, 6.07) is -0.619. The van der Waals surface area contributed by atoms with E-state index in [0.717, 1.165) is 25.7 Å². The third-order valence-electron chi connectivity index (χ3n) is 17.0. The summed E-state index contributed by atoms with van der Waals surface area (Å²) in [6.45, 7) is 4.37. The standard InChI is InChI=1S/C71H141NO3/c1-3-5-7-9-11-13-15-17-19-21-23-25-27-28-29-30-31-32-33-34-35-36-37-38-39-40-41-42-43-44-45-47-49-51-53-55-57-59-61-63-65-67-71(75)72-69(68-73)70(74)66-64-62-60-58-56-54-52-50-48-46-26-24-22-20-18-16-14-12-10-8-6-4-2/h64,66,69-70,73-74H,3-63,65,67-68H2,1-2H3,(H,72,75)/b66-64+. The van der Waals surface area contributed by atoms with Crippen LogP contribution in [-0.2, 0) is 4.79 Å². The number of rotatable bonds is 67. The van der Waals surface area contributed by atoms with E-state index in [0.29, 0.717) is 6.42 Å². The van der Waals surface area contributed by atoms with Crippen molar-refractivity contribution in [2.75, 3.05) is 6.61 Å². The molecule has 4 heteroatoms. The Morgan fingerprint density at radius 2 is 0.493 bits per heavy atom. The fourth-order valence-corrected chi connectivity index (χ4v) is 11.7. The third kappa shape index (κ3) is 63.8. The van der Waals surface area contributed by atoms with E-state index in [1.807, 2.05) is 6.08 Å². The number of hydrogen-bond donors (Lipinski definition) is 3. The summed E-state index contributed by atoms with van der Waals surface area (Å²) in [5.41, 5.74) is 0. The molecule has 0 bridgehead atoms. The minimum Gasteiger partial charge on any atom is -0.394 e. The molecule has 2 unspecified atom stereocenters. The Labute approximate surface area is 473 Å². The predicted molar refractivity (Wildman–Crippen MR) is 336 cm³/mol. The van der Waals surface area contributed by atoms with Crippen LogP contribution in [0.15, 0.2) is 12.2 Å². The number of allylic oxidation sites excluding steroid dienone is 1. The minimum absolute atomic E-state index is 0.0534. The lowest BCUT2D eigenvalue weighted by Gasteiger charge is -2.20. The second-order valence-corrected chi connectivity index (χ2v) is 24.7. The van der Waals surface area contributed by atoms with Gasteiger partial charge in [-0.3, -0.25) is 4.79 Å². The van der Waals surface area contributed by atoms with Crippen molar-refractivity contribution in [1.82, 2.24) is 5.32 Å². The number of carbonyl (C=O) groups excluding carboxylic acids is 1. The van der Waals surface area contributed by atoms with Crippen LogP contribution in [0.25, 0.3) is 0 Å². The van der Waals surface area contributed by atoms with Gasteiger partial charge in [-0.1, -0.05) is 405 Å². The maximum atomic E-state index is 12.5. The molecule has 75 heavy (non-hydrogen) atoms. The van der Waals surface area contributed by atoms with Crippen molar-refractivity contribution in [2.45, 2.75) is 431 Å². The number of unbranched alkanes of at least 4 members (excludes halogenated alkanes) is 60. The summed E-state index contributed by atoms with van der Waals surface area (Å²) in [4.78, 5) is 12.5. The Kier molecular flexibility index (Phi) is 66.6. The highest BCUT2D eigenvalue weighted by Crippen LogP contribution is 2.20. The summed E-state index contributed by atoms with van der Waals surface area (Å²) in [7, 11) is 0. The van der Waals surface area contributed by atoms with Gasteiger partial charge in [0.2, 0.25) is 5.91 Å². The fourth-order valence-electron chi connectivity index (χ4n) is 11.7. The largest absolute Gasteiger partial charge is 0.394 e. The van der Waals surface area contributed by atoms with Crippen LogP contribution in [0.2, 0.25) is 0 Å². The molecule has 1 amide bonds. The highest BCUT2D eigenvalue weighted by atomic mass is 16.3. The van der Waals surface area contributed by atoms with Gasteiger partial charge in [-0.2, -0.15) is 0 Å². The van der Waals surface area contributed by atoms with Crippen molar-refractivity contribution < 1.29 is 15.0 Å². The lowest BCUT2D eigenvalue weighted by Crippen LogP contribution is -2.45. The number of nitrogens with one attached hydrogen (secondary N) is 1. The van der Waals surface area contributed by atoms with E-state index in [-0.39, 0.29) is 12.5 Å². The lowest BCUT2D eigenvalue weighted by molar-refractivity contribution is -0.123. The van der Waals surface area contributed by atoms with Crippen LogP contribution in [0, 0.1) is 0 Å². The SMILES string of the molecule is CCCCCCCCCCCCCCCCCCCCCC/C=C/C(O)C(CO)NC(=O)CCCCCCCCCCCCCCCCCCCCCCCCCCCCCCCCCCCCCCCCCCC. The summed E-state index contributed by atoms with van der Waals surface area (Å²) >= 11 is 0. The zero-order valence-corrected chi connectivity index (χ0v) is 51.9. The molecule has 0 saturated heterocycles. The van der Waals surface area contributed by atoms with E-state index in [9.17, 15) is 15.0 Å². The number of hydrogen-bond acceptors (Lipinski definition) is 3. The van der Waals surface area contributed by atoms with Gasteiger partial charge in [0.1, 0.15) is 0 Å². The van der Waals surface area contributed by atoms with E-state index in [1.54, 1.807) is 6.08 Å². The van der Waals surface area contributed by atoms with Crippen LogP contribution in [0.4, 0.5) is 0 Å². The van der Waals surface area contributed by atoms with Crippen LogP contribution in [-0.4, -0.2) is 34.9 Å². The molecule has 0 aliphatic heterocycles. The predicted octanol–water partition coefficient (Wildman–Crippen LogP) is 24.0. The summed E-state index contributed by atoms with van der Waals surface area (Å²) in [5.74, 6) is -0.0534. The second-order valence-electron chi connectivity index (χ2n) is 24.7. The van der Waals surface area contributed by atoms with Crippen LogP contribution in [0.5, 0.6) is 0 Å². The summed E-state index contributed by atoms with van der Waals surface area (Å²) in [6.07, 6.45) is 90.3. The first-order valence-corrected chi connectivity index (χ1v) is 35.4. The van der Waals surface area contributed by atoms with Gasteiger partial charge in [0, 0.05) is 6.42 Å². The number of aliphatic hydroxyl groups is 2. The molecule has 0 aliphatic carbocycles. The molecule has 0 saturated carbocycles. The molecule has 0 heterocycles. The third-order valence-corrected chi connectivity index (χ3v) is 17.0. The summed E-state index contributed by atoms with van der Waals surface area (Å²) < 4.78 is 0. The minimum atomic E-state index is -0.837. The van der Waals surface area contributed by atoms with Gasteiger partial charge in [-0.15, -0.1) is 0 Å². The van der Waals surface area contributed by atoms with E-state index in [2.05, 4.69) is 19.2 Å². The van der Waals surface area contributed by atoms with Crippen LogP contribution in [0.1, 0.15) is 418 Å². The molecule has 0 radical (unpaired) electrons. The molecule has 0 spiro atoms. The van der Waals surface area contributed by atoms with Crippen molar-refractivity contribution in [2.24, 2.45) is 0 Å². The first-order chi connectivity index (χ1) is 37.2. The number of carbonyl (C=O) groups is 1. The second kappa shape index (κ2) is 67.4. The van der Waals surface area contributed by atoms with Crippen molar-refractivity contribution in [3.8, 4) is 0 Å². The average molecular weight is 1060 g/mol. The van der Waals surface area contributed by atoms with Gasteiger partial charge in [0.15, 0.2) is 0 Å². The Balaban J connectivity index is 3.35. The molecule has 0 aliphatic rings. The van der Waals surface area contributed by atoms with E-state index >= 15 is 0 Å². The normalized spacial score (nSPS) is 12.6. The van der Waals surface area contributed by atoms with Crippen molar-refractivity contribution in [1.29, 1.82) is 0 Å². The van der Waals surface area contributed by atoms with Crippen LogP contribution >= 0.6 is 0 Å². The summed E-state index contributed by atoms with van der Waals surface area (Å²) in [5, 5.41) is 23.3. The smallest absolute Gasteiger partial charge is 0.220 e. The van der Waals surface area contributed by atoms with E-state index in [4.69, 9.17) is 0 Å². The maximum absolute atomic E-state index is 12.5. The molecule has 0 aromatic carbocycles. The zero-order valence-electron chi connectivity index (χ0n) is 51.9. The van der Waals surface area contributed by atoms with Gasteiger partial charge in [-0.05, 0) is 19.3 Å². The molecule has 2 atom stereocenters. The number of amides is 1. The Morgan fingerprint density at radius 3 is 0.693 bits per heavy atom. The molecule has 0 aromatic rings. The molecular formula is C71H141NO3. The molecular weight excluding hydrogens is 915 g/mol. The van der Waals surface area contributed by atoms with Crippen molar-refractivity contribution >= 4 is 5.91 Å². The van der Waals surface area contributed by atoms with Gasteiger partial charge in [-0.25, -0.2) is 0 Å². The Morgan fingerprint density at radius 1 is 0.307 bits per heavy atom. The molecule has 4 nitrogen and oxygen atoms in total. The van der Waals surface area contributed by atoms with Crippen molar-refractivity contribution in [3.05, 3.63) is 12.2 Å². The zero-order chi connectivity index (χ0) is 54.1. The van der Waals surface area contributed by atoms with Crippen LogP contribution < -0.4 is 5.32 Å². The fraction of sp³-hybridized carbons (Fsp3) is 0.958. The van der Waals surface area contributed by atoms with Crippen LogP contribution in [0.3, 0.4) is 0 Å². The Bertz CT molecular complexity index is 1060. The van der Waals surface area contributed by atoms with Gasteiger partial charge >= 0.3 is 0 Å². The molecule has 3 N–H and O–H groups in total. The highest BCUT2D eigenvalue weighted by molar-refractivity contribution is 5.76. The quantitative estimate of drug-likeness (QED) is 0.0420. The van der Waals surface area contributed by atoms with Crippen molar-refractivity contribution in [3.63, 3.8) is 0 Å². The Hall–Kier alpha value is -0.870. The average Bonchev–Trinajstić information content (AvgIpc) is 3.41. The number of aliphatic hydroxyl groups excluding tert-OH is 2. The lowest BCUT2D eigenvalue weighted by atomic mass is 10.0. The van der Waals surface area contributed by atoms with E-state index < -0.39 is 12.1 Å². The molecule has 0 rings (SSSR count). The monoisotopic (exact) mass is 1060 g/mol. The topological polar surface area (TPSA) is 69.6 Å². The molecule has 0 aromatic heterocycles. The maximum Gasteiger partial charge on any atom is 0.220 e. The van der Waals surface area contributed by atoms with E-state index in [1.165, 1.54) is 372 Å². The molecule has 0 fully saturated rings. The highest BCUT2D eigenvalue weighted by Gasteiger charge is 2.18. The van der Waals surface area contributed by atoms with Gasteiger partial charge < -0.3 is 15.5 Å². The first-order valence-electron chi connectivity index (χ1n) is 35.4.